The van der Waals surface area contributed by atoms with Gasteiger partial charge in [0.15, 0.2) is 0 Å². The summed E-state index contributed by atoms with van der Waals surface area (Å²) in [6, 6.07) is 15.9. The van der Waals surface area contributed by atoms with E-state index in [0.29, 0.717) is 5.75 Å². The summed E-state index contributed by atoms with van der Waals surface area (Å²) >= 11 is 0. The predicted octanol–water partition coefficient (Wildman–Crippen LogP) is 5.96. The fraction of sp³-hybridized carbons (Fsp3) is 0.292. The quantitative estimate of drug-likeness (QED) is 0.603. The first-order chi connectivity index (χ1) is 13.2. The molecule has 3 aromatic rings. The molecule has 0 spiro atoms. The molecular formula is C24H30N2O. The molecule has 1 aliphatic carbocycles. The van der Waals surface area contributed by atoms with Gasteiger partial charge in [-0.25, -0.2) is 4.98 Å². The number of rotatable bonds is 3. The number of hydrogen-bond donors (Lipinski definition) is 2. The molecule has 3 nitrogen and oxygen atoms in total. The number of phenols is 1. The number of allylic oxidation sites excluding steroid dienone is 2. The van der Waals surface area contributed by atoms with Crippen LogP contribution in [0.15, 0.2) is 67.1 Å². The Balaban J connectivity index is 0.000000149. The van der Waals surface area contributed by atoms with Gasteiger partial charge in [0.2, 0.25) is 0 Å². The molecule has 2 aromatic carbocycles. The van der Waals surface area contributed by atoms with Crippen LogP contribution in [0, 0.1) is 0 Å². The van der Waals surface area contributed by atoms with Crippen LogP contribution in [-0.4, -0.2) is 15.1 Å². The Morgan fingerprint density at radius 1 is 0.926 bits per heavy atom. The lowest BCUT2D eigenvalue weighted by Gasteiger charge is -2.00. The third-order valence-corrected chi connectivity index (χ3v) is 4.59. The minimum absolute atomic E-state index is 0.340. The van der Waals surface area contributed by atoms with Crippen molar-refractivity contribution >= 4 is 5.57 Å². The second-order valence-corrected chi connectivity index (χ2v) is 6.39. The first kappa shape index (κ1) is 20.5. The summed E-state index contributed by atoms with van der Waals surface area (Å²) in [4.78, 5) is 6.81. The zero-order valence-electron chi connectivity index (χ0n) is 16.6. The highest BCUT2D eigenvalue weighted by molar-refractivity contribution is 5.72. The van der Waals surface area contributed by atoms with Crippen molar-refractivity contribution in [2.45, 2.75) is 46.5 Å². The molecule has 0 fully saturated rings. The first-order valence-corrected chi connectivity index (χ1v) is 9.70. The Labute approximate surface area is 162 Å². The number of phenolic OH excluding ortho intramolecular Hbond substituents is 1. The van der Waals surface area contributed by atoms with Gasteiger partial charge in [0.25, 0.3) is 0 Å². The molecule has 1 heterocycles. The van der Waals surface area contributed by atoms with E-state index in [0.717, 1.165) is 25.7 Å². The molecule has 0 radical (unpaired) electrons. The number of aromatic amines is 1. The van der Waals surface area contributed by atoms with Gasteiger partial charge in [-0.15, -0.1) is 0 Å². The SMILES string of the molecule is CCC1=CCc2ccccc21.CCc1ccc(O)cc1.CCc1cnc[nH]1. The number of imidazole rings is 1. The van der Waals surface area contributed by atoms with E-state index in [2.05, 4.69) is 61.1 Å². The molecule has 3 heteroatoms. The van der Waals surface area contributed by atoms with E-state index in [1.165, 1.54) is 28.0 Å². The van der Waals surface area contributed by atoms with Gasteiger partial charge in [0, 0.05) is 11.9 Å². The number of nitrogens with zero attached hydrogens (tertiary/aromatic N) is 1. The Morgan fingerprint density at radius 3 is 2.22 bits per heavy atom. The number of fused-ring (bicyclic) bond motifs is 1. The van der Waals surface area contributed by atoms with Crippen molar-refractivity contribution in [3.8, 4) is 5.75 Å². The first-order valence-electron chi connectivity index (χ1n) is 9.70. The van der Waals surface area contributed by atoms with Gasteiger partial charge < -0.3 is 10.1 Å². The zero-order chi connectivity index (χ0) is 19.5. The Morgan fingerprint density at radius 2 is 1.67 bits per heavy atom. The third-order valence-electron chi connectivity index (χ3n) is 4.59. The molecule has 0 saturated carbocycles. The van der Waals surface area contributed by atoms with E-state index in [1.54, 1.807) is 18.5 Å². The molecule has 2 N–H and O–H groups in total. The van der Waals surface area contributed by atoms with E-state index in [1.807, 2.05) is 18.3 Å². The summed E-state index contributed by atoms with van der Waals surface area (Å²) in [5, 5.41) is 8.85. The molecule has 0 unspecified atom stereocenters. The fourth-order valence-electron chi connectivity index (χ4n) is 2.90. The molecule has 0 bridgehead atoms. The topological polar surface area (TPSA) is 48.9 Å². The molecule has 1 aliphatic rings. The van der Waals surface area contributed by atoms with Crippen LogP contribution in [0.1, 0.15) is 49.6 Å². The van der Waals surface area contributed by atoms with Crippen LogP contribution in [0.5, 0.6) is 5.75 Å². The predicted molar refractivity (Wildman–Crippen MR) is 114 cm³/mol. The maximum absolute atomic E-state index is 8.85. The number of nitrogens with one attached hydrogen (secondary N) is 1. The number of hydrogen-bond acceptors (Lipinski definition) is 2. The van der Waals surface area contributed by atoms with Gasteiger partial charge in [-0.2, -0.15) is 0 Å². The average Bonchev–Trinajstić information content (AvgIpc) is 3.39. The van der Waals surface area contributed by atoms with Crippen LogP contribution in [0.2, 0.25) is 0 Å². The van der Waals surface area contributed by atoms with Gasteiger partial charge in [-0.05, 0) is 60.1 Å². The van der Waals surface area contributed by atoms with Crippen LogP contribution in [0.25, 0.3) is 5.57 Å². The number of aryl methyl sites for hydroxylation is 2. The van der Waals surface area contributed by atoms with Crippen molar-refractivity contribution in [1.29, 1.82) is 0 Å². The summed E-state index contributed by atoms with van der Waals surface area (Å²) in [7, 11) is 0. The number of aromatic hydroxyl groups is 1. The summed E-state index contributed by atoms with van der Waals surface area (Å²) in [5.41, 5.74) is 6.92. The number of aromatic nitrogens is 2. The second kappa shape index (κ2) is 11.0. The number of H-pyrrole nitrogens is 1. The van der Waals surface area contributed by atoms with Crippen molar-refractivity contribution in [2.24, 2.45) is 0 Å². The lowest BCUT2D eigenvalue weighted by atomic mass is 10.0. The number of benzene rings is 2. The van der Waals surface area contributed by atoms with Crippen LogP contribution >= 0.6 is 0 Å². The van der Waals surface area contributed by atoms with Gasteiger partial charge in [-0.1, -0.05) is 63.2 Å². The van der Waals surface area contributed by atoms with Crippen molar-refractivity contribution in [3.63, 3.8) is 0 Å². The normalized spacial score (nSPS) is 11.4. The van der Waals surface area contributed by atoms with Gasteiger partial charge in [0.05, 0.1) is 6.33 Å². The largest absolute Gasteiger partial charge is 0.508 e. The summed E-state index contributed by atoms with van der Waals surface area (Å²) in [6.45, 7) is 6.40. The van der Waals surface area contributed by atoms with E-state index in [4.69, 9.17) is 5.11 Å². The monoisotopic (exact) mass is 362 g/mol. The van der Waals surface area contributed by atoms with Crippen LogP contribution in [0.3, 0.4) is 0 Å². The zero-order valence-corrected chi connectivity index (χ0v) is 16.6. The van der Waals surface area contributed by atoms with Crippen molar-refractivity contribution in [3.05, 3.63) is 89.5 Å². The minimum Gasteiger partial charge on any atom is -0.508 e. The van der Waals surface area contributed by atoms with Crippen LogP contribution in [0.4, 0.5) is 0 Å². The standard InChI is InChI=1S/C11H12.C8H10O.C5H8N2/c1-2-9-7-8-10-5-3-4-6-11(9)10;1-2-7-3-5-8(9)6-4-7;1-2-5-3-6-4-7-5/h3-7H,2,8H2,1H3;3-6,9H,2H2,1H3;3-4H,2H2,1H3,(H,6,7). The van der Waals surface area contributed by atoms with Crippen molar-refractivity contribution in [1.82, 2.24) is 9.97 Å². The fourth-order valence-corrected chi connectivity index (χ4v) is 2.90. The van der Waals surface area contributed by atoms with E-state index in [9.17, 15) is 0 Å². The molecule has 4 rings (SSSR count). The average molecular weight is 363 g/mol. The lowest BCUT2D eigenvalue weighted by molar-refractivity contribution is 0.475. The van der Waals surface area contributed by atoms with Crippen LogP contribution < -0.4 is 0 Å². The molecule has 1 aromatic heterocycles. The Kier molecular flexibility index (Phi) is 8.37. The van der Waals surface area contributed by atoms with Gasteiger partial charge in [0.1, 0.15) is 5.75 Å². The summed E-state index contributed by atoms with van der Waals surface area (Å²) in [5.74, 6) is 0.340. The van der Waals surface area contributed by atoms with Gasteiger partial charge >= 0.3 is 0 Å². The molecule has 0 saturated heterocycles. The maximum Gasteiger partial charge on any atom is 0.115 e. The highest BCUT2D eigenvalue weighted by atomic mass is 16.3. The Bertz CT molecular complexity index is 818. The molecule has 0 amide bonds. The van der Waals surface area contributed by atoms with E-state index >= 15 is 0 Å². The van der Waals surface area contributed by atoms with Gasteiger partial charge in [-0.3, -0.25) is 0 Å². The smallest absolute Gasteiger partial charge is 0.115 e. The summed E-state index contributed by atoms with van der Waals surface area (Å²) in [6.07, 6.45) is 10.2. The summed E-state index contributed by atoms with van der Waals surface area (Å²) < 4.78 is 0. The van der Waals surface area contributed by atoms with Crippen molar-refractivity contribution in [2.75, 3.05) is 0 Å². The maximum atomic E-state index is 8.85. The van der Waals surface area contributed by atoms with Crippen molar-refractivity contribution < 1.29 is 5.11 Å². The third kappa shape index (κ3) is 6.45. The Hall–Kier alpha value is -2.81. The van der Waals surface area contributed by atoms with E-state index in [-0.39, 0.29) is 0 Å². The highest BCUT2D eigenvalue weighted by Gasteiger charge is 2.09. The highest BCUT2D eigenvalue weighted by Crippen LogP contribution is 2.28. The molecular weight excluding hydrogens is 332 g/mol. The minimum atomic E-state index is 0.340. The molecule has 142 valence electrons. The molecule has 27 heavy (non-hydrogen) atoms. The van der Waals surface area contributed by atoms with E-state index < -0.39 is 0 Å². The molecule has 0 atom stereocenters. The second-order valence-electron chi connectivity index (χ2n) is 6.39. The molecule has 0 aliphatic heterocycles. The van der Waals surface area contributed by atoms with Crippen LogP contribution in [-0.2, 0) is 19.3 Å². The lowest BCUT2D eigenvalue weighted by Crippen LogP contribution is -1.81.